The SMILES string of the molecule is COc1cc(N(C)C2CCNC2)c([N+](=O)[O-])cc1OC. The number of anilines is 1. The number of methoxy groups -OCH3 is 2. The Morgan fingerprint density at radius 1 is 1.35 bits per heavy atom. The number of rotatable bonds is 5. The second-order valence-corrected chi connectivity index (χ2v) is 4.71. The summed E-state index contributed by atoms with van der Waals surface area (Å²) in [5.74, 6) is 0.854. The standard InChI is InChI=1S/C13H19N3O4/c1-15(9-4-5-14-8-9)10-6-12(19-2)13(20-3)7-11(10)16(17)18/h6-7,9,14H,4-5,8H2,1-3H3. The van der Waals surface area contributed by atoms with E-state index in [-0.39, 0.29) is 11.7 Å². The minimum atomic E-state index is -0.393. The van der Waals surface area contributed by atoms with Crippen LogP contribution in [0, 0.1) is 10.1 Å². The van der Waals surface area contributed by atoms with Crippen LogP contribution in [0.4, 0.5) is 11.4 Å². The van der Waals surface area contributed by atoms with E-state index in [4.69, 9.17) is 9.47 Å². The zero-order chi connectivity index (χ0) is 14.7. The lowest BCUT2D eigenvalue weighted by Crippen LogP contribution is -2.33. The van der Waals surface area contributed by atoms with Crippen LogP contribution in [0.15, 0.2) is 12.1 Å². The van der Waals surface area contributed by atoms with E-state index in [1.165, 1.54) is 20.3 Å². The smallest absolute Gasteiger partial charge is 0.296 e. The maximum Gasteiger partial charge on any atom is 0.296 e. The van der Waals surface area contributed by atoms with Crippen LogP contribution in [0.25, 0.3) is 0 Å². The highest BCUT2D eigenvalue weighted by Crippen LogP contribution is 2.40. The van der Waals surface area contributed by atoms with Crippen LogP contribution in [-0.2, 0) is 0 Å². The molecule has 1 unspecified atom stereocenters. The van der Waals surface area contributed by atoms with Gasteiger partial charge >= 0.3 is 0 Å². The Labute approximate surface area is 117 Å². The number of ether oxygens (including phenoxy) is 2. The zero-order valence-corrected chi connectivity index (χ0v) is 11.9. The molecule has 2 rings (SSSR count). The molecule has 7 nitrogen and oxygen atoms in total. The number of nitro groups is 1. The molecule has 110 valence electrons. The lowest BCUT2D eigenvalue weighted by Gasteiger charge is -2.26. The summed E-state index contributed by atoms with van der Waals surface area (Å²) in [6.45, 7) is 1.75. The van der Waals surface area contributed by atoms with Gasteiger partial charge in [0.25, 0.3) is 5.69 Å². The first-order valence-electron chi connectivity index (χ1n) is 6.42. The van der Waals surface area contributed by atoms with Gasteiger partial charge in [-0.3, -0.25) is 10.1 Å². The van der Waals surface area contributed by atoms with Crippen LogP contribution < -0.4 is 19.7 Å². The van der Waals surface area contributed by atoms with E-state index >= 15 is 0 Å². The summed E-state index contributed by atoms with van der Waals surface area (Å²) in [6, 6.07) is 3.31. The highest BCUT2D eigenvalue weighted by Gasteiger charge is 2.27. The van der Waals surface area contributed by atoms with Crippen molar-refractivity contribution in [1.82, 2.24) is 5.32 Å². The third kappa shape index (κ3) is 2.62. The summed E-state index contributed by atoms with van der Waals surface area (Å²) < 4.78 is 10.4. The van der Waals surface area contributed by atoms with Crippen molar-refractivity contribution >= 4 is 11.4 Å². The van der Waals surface area contributed by atoms with Gasteiger partial charge in [-0.05, 0) is 13.0 Å². The van der Waals surface area contributed by atoms with Gasteiger partial charge in [-0.15, -0.1) is 0 Å². The average molecular weight is 281 g/mol. The van der Waals surface area contributed by atoms with Crippen LogP contribution in [0.2, 0.25) is 0 Å². The number of nitrogens with zero attached hydrogens (tertiary/aromatic N) is 2. The molecule has 20 heavy (non-hydrogen) atoms. The quantitative estimate of drug-likeness (QED) is 0.649. The second kappa shape index (κ2) is 5.96. The molecule has 1 aromatic rings. The fraction of sp³-hybridized carbons (Fsp3) is 0.538. The Kier molecular flexibility index (Phi) is 4.29. The minimum Gasteiger partial charge on any atom is -0.493 e. The van der Waals surface area contributed by atoms with Crippen LogP contribution in [0.5, 0.6) is 11.5 Å². The summed E-state index contributed by atoms with van der Waals surface area (Å²) in [5.41, 5.74) is 0.568. The second-order valence-electron chi connectivity index (χ2n) is 4.71. The third-order valence-corrected chi connectivity index (χ3v) is 3.64. The number of nitrogens with one attached hydrogen (secondary N) is 1. The van der Waals surface area contributed by atoms with Crippen LogP contribution >= 0.6 is 0 Å². The molecular formula is C13H19N3O4. The van der Waals surface area contributed by atoms with E-state index in [1.807, 2.05) is 11.9 Å². The molecule has 0 bridgehead atoms. The predicted molar refractivity (Wildman–Crippen MR) is 75.9 cm³/mol. The van der Waals surface area contributed by atoms with Gasteiger partial charge in [-0.1, -0.05) is 0 Å². The van der Waals surface area contributed by atoms with Gasteiger partial charge in [0.05, 0.1) is 25.2 Å². The van der Waals surface area contributed by atoms with Crippen molar-refractivity contribution < 1.29 is 14.4 Å². The molecule has 1 saturated heterocycles. The fourth-order valence-corrected chi connectivity index (χ4v) is 2.45. The molecule has 1 aliphatic rings. The van der Waals surface area contributed by atoms with Crippen molar-refractivity contribution in [2.75, 3.05) is 39.3 Å². The highest BCUT2D eigenvalue weighted by atomic mass is 16.6. The summed E-state index contributed by atoms with van der Waals surface area (Å²) in [6.07, 6.45) is 0.960. The fourth-order valence-electron chi connectivity index (χ4n) is 2.45. The largest absolute Gasteiger partial charge is 0.493 e. The van der Waals surface area contributed by atoms with E-state index < -0.39 is 4.92 Å². The van der Waals surface area contributed by atoms with Crippen molar-refractivity contribution in [3.8, 4) is 11.5 Å². The Hall–Kier alpha value is -2.02. The molecule has 1 atom stereocenters. The summed E-state index contributed by atoms with van der Waals surface area (Å²) in [7, 11) is 4.85. The van der Waals surface area contributed by atoms with Gasteiger partial charge < -0.3 is 19.7 Å². The Morgan fingerprint density at radius 3 is 2.50 bits per heavy atom. The first-order chi connectivity index (χ1) is 9.58. The Morgan fingerprint density at radius 2 is 2.00 bits per heavy atom. The summed E-state index contributed by atoms with van der Waals surface area (Å²) in [5, 5.41) is 14.5. The summed E-state index contributed by atoms with van der Waals surface area (Å²) in [4.78, 5) is 12.8. The van der Waals surface area contributed by atoms with Crippen LogP contribution in [0.3, 0.4) is 0 Å². The van der Waals surface area contributed by atoms with Crippen molar-refractivity contribution in [2.24, 2.45) is 0 Å². The maximum absolute atomic E-state index is 11.3. The molecule has 0 amide bonds. The topological polar surface area (TPSA) is 76.9 Å². The normalized spacial score (nSPS) is 17.9. The van der Waals surface area contributed by atoms with Gasteiger partial charge in [0, 0.05) is 25.7 Å². The maximum atomic E-state index is 11.3. The van der Waals surface area contributed by atoms with Gasteiger partial charge in [0.1, 0.15) is 5.69 Å². The molecule has 1 fully saturated rings. The molecule has 1 aromatic carbocycles. The van der Waals surface area contributed by atoms with Gasteiger partial charge in [0.15, 0.2) is 11.5 Å². The van der Waals surface area contributed by atoms with E-state index in [1.54, 1.807) is 6.07 Å². The van der Waals surface area contributed by atoms with Crippen molar-refractivity contribution in [2.45, 2.75) is 12.5 Å². The zero-order valence-electron chi connectivity index (χ0n) is 11.9. The molecule has 1 aliphatic heterocycles. The van der Waals surface area contributed by atoms with Gasteiger partial charge in [-0.25, -0.2) is 0 Å². The average Bonchev–Trinajstić information content (AvgIpc) is 2.98. The molecule has 0 radical (unpaired) electrons. The van der Waals surface area contributed by atoms with Gasteiger partial charge in [-0.2, -0.15) is 0 Å². The Bertz CT molecular complexity index is 501. The molecule has 1 heterocycles. The monoisotopic (exact) mass is 281 g/mol. The number of likely N-dealkylation sites (N-methyl/N-ethyl adjacent to an activating group) is 1. The van der Waals surface area contributed by atoms with E-state index in [9.17, 15) is 10.1 Å². The molecule has 0 aromatic heterocycles. The predicted octanol–water partition coefficient (Wildman–Crippen LogP) is 1.41. The molecule has 0 saturated carbocycles. The molecule has 0 spiro atoms. The lowest BCUT2D eigenvalue weighted by molar-refractivity contribution is -0.384. The first-order valence-corrected chi connectivity index (χ1v) is 6.42. The van der Waals surface area contributed by atoms with Crippen molar-refractivity contribution in [1.29, 1.82) is 0 Å². The molecule has 0 aliphatic carbocycles. The number of hydrogen-bond donors (Lipinski definition) is 1. The lowest BCUT2D eigenvalue weighted by atomic mass is 10.1. The van der Waals surface area contributed by atoms with Crippen LogP contribution in [-0.4, -0.2) is 45.3 Å². The minimum absolute atomic E-state index is 0.0250. The van der Waals surface area contributed by atoms with Crippen molar-refractivity contribution in [3.05, 3.63) is 22.2 Å². The number of nitro benzene ring substituents is 1. The number of benzene rings is 1. The van der Waals surface area contributed by atoms with Crippen LogP contribution in [0.1, 0.15) is 6.42 Å². The third-order valence-electron chi connectivity index (χ3n) is 3.64. The summed E-state index contributed by atoms with van der Waals surface area (Å²) >= 11 is 0. The first kappa shape index (κ1) is 14.4. The number of hydrogen-bond acceptors (Lipinski definition) is 6. The highest BCUT2D eigenvalue weighted by molar-refractivity contribution is 5.70. The van der Waals surface area contributed by atoms with Crippen molar-refractivity contribution in [3.63, 3.8) is 0 Å². The van der Waals surface area contributed by atoms with E-state index in [2.05, 4.69) is 5.32 Å². The molecule has 7 heteroatoms. The van der Waals surface area contributed by atoms with E-state index in [0.29, 0.717) is 17.2 Å². The molecule has 1 N–H and O–H groups in total. The van der Waals surface area contributed by atoms with Gasteiger partial charge in [0.2, 0.25) is 0 Å². The van der Waals surface area contributed by atoms with E-state index in [0.717, 1.165) is 19.5 Å². The Balaban J connectivity index is 2.45. The molecular weight excluding hydrogens is 262 g/mol.